The van der Waals surface area contributed by atoms with Gasteiger partial charge in [0.05, 0.1) is 5.41 Å². The molecule has 16 heavy (non-hydrogen) atoms. The first-order valence-electron chi connectivity index (χ1n) is 4.98. The molecule has 0 radical (unpaired) electrons. The van der Waals surface area contributed by atoms with Gasteiger partial charge in [0.15, 0.2) is 0 Å². The number of amides is 1. The Kier molecular flexibility index (Phi) is 2.42. The molecule has 84 valence electrons. The Hall–Kier alpha value is -1.16. The SMILES string of the molecule is CN1C(=O)C(=O)C(C)(C)c2cc(Br)ccc21. The largest absolute Gasteiger partial charge is 0.309 e. The number of anilines is 1. The second kappa shape index (κ2) is 3.42. The maximum absolute atomic E-state index is 11.9. The normalized spacial score (nSPS) is 18.6. The van der Waals surface area contributed by atoms with Crippen LogP contribution in [0.5, 0.6) is 0 Å². The third kappa shape index (κ3) is 1.40. The van der Waals surface area contributed by atoms with Crippen molar-refractivity contribution in [2.45, 2.75) is 19.3 Å². The van der Waals surface area contributed by atoms with Crippen molar-refractivity contribution < 1.29 is 9.59 Å². The number of likely N-dealkylation sites (N-methyl/N-ethyl adjacent to an activating group) is 1. The van der Waals surface area contributed by atoms with Gasteiger partial charge in [-0.3, -0.25) is 9.59 Å². The summed E-state index contributed by atoms with van der Waals surface area (Å²) in [6.07, 6.45) is 0. The molecule has 1 aliphatic heterocycles. The lowest BCUT2D eigenvalue weighted by atomic mass is 9.76. The van der Waals surface area contributed by atoms with Crippen LogP contribution >= 0.6 is 15.9 Å². The summed E-state index contributed by atoms with van der Waals surface area (Å²) in [4.78, 5) is 25.1. The second-order valence-electron chi connectivity index (χ2n) is 4.48. The summed E-state index contributed by atoms with van der Waals surface area (Å²) in [6, 6.07) is 5.62. The Morgan fingerprint density at radius 2 is 1.88 bits per heavy atom. The van der Waals surface area contributed by atoms with Gasteiger partial charge in [-0.2, -0.15) is 0 Å². The average Bonchev–Trinajstić information content (AvgIpc) is 2.24. The van der Waals surface area contributed by atoms with Crippen LogP contribution in [0.4, 0.5) is 5.69 Å². The Morgan fingerprint density at radius 3 is 2.50 bits per heavy atom. The van der Waals surface area contributed by atoms with Gasteiger partial charge in [0, 0.05) is 17.2 Å². The standard InChI is InChI=1S/C12H12BrNO2/c1-12(2)8-6-7(13)4-5-9(8)14(3)11(16)10(12)15/h4-6H,1-3H3. The molecule has 1 aromatic carbocycles. The first-order valence-corrected chi connectivity index (χ1v) is 5.77. The fourth-order valence-electron chi connectivity index (χ4n) is 1.95. The van der Waals surface area contributed by atoms with Crippen molar-refractivity contribution in [3.05, 3.63) is 28.2 Å². The zero-order chi connectivity index (χ0) is 12.1. The lowest BCUT2D eigenvalue weighted by Gasteiger charge is -2.35. The van der Waals surface area contributed by atoms with Crippen LogP contribution in [0, 0.1) is 0 Å². The van der Waals surface area contributed by atoms with Crippen molar-refractivity contribution in [1.82, 2.24) is 0 Å². The lowest BCUT2D eigenvalue weighted by molar-refractivity contribution is -0.139. The van der Waals surface area contributed by atoms with Crippen LogP contribution in [0.3, 0.4) is 0 Å². The number of rotatable bonds is 0. The predicted molar refractivity (Wildman–Crippen MR) is 65.6 cm³/mol. The van der Waals surface area contributed by atoms with Gasteiger partial charge in [-0.25, -0.2) is 0 Å². The van der Waals surface area contributed by atoms with Gasteiger partial charge in [0.2, 0.25) is 5.78 Å². The van der Waals surface area contributed by atoms with Crippen LogP contribution in [0.15, 0.2) is 22.7 Å². The van der Waals surface area contributed by atoms with Gasteiger partial charge < -0.3 is 4.90 Å². The zero-order valence-electron chi connectivity index (χ0n) is 9.37. The molecule has 1 amide bonds. The smallest absolute Gasteiger partial charge is 0.295 e. The van der Waals surface area contributed by atoms with Gasteiger partial charge in [-0.05, 0) is 37.6 Å². The summed E-state index contributed by atoms with van der Waals surface area (Å²) in [6.45, 7) is 3.57. The Labute approximate surface area is 103 Å². The van der Waals surface area contributed by atoms with Crippen molar-refractivity contribution in [3.8, 4) is 0 Å². The number of carbonyl (C=O) groups is 2. The number of benzene rings is 1. The molecule has 0 saturated carbocycles. The van der Waals surface area contributed by atoms with Crippen LogP contribution in [0.25, 0.3) is 0 Å². The fraction of sp³-hybridized carbons (Fsp3) is 0.333. The molecule has 0 unspecified atom stereocenters. The zero-order valence-corrected chi connectivity index (χ0v) is 11.0. The highest BCUT2D eigenvalue weighted by Gasteiger charge is 2.43. The first-order chi connectivity index (χ1) is 7.35. The topological polar surface area (TPSA) is 37.4 Å². The number of fused-ring (bicyclic) bond motifs is 1. The number of hydrogen-bond donors (Lipinski definition) is 0. The molecule has 0 saturated heterocycles. The van der Waals surface area contributed by atoms with E-state index in [1.807, 2.05) is 18.2 Å². The second-order valence-corrected chi connectivity index (χ2v) is 5.40. The van der Waals surface area contributed by atoms with Crippen LogP contribution in [-0.4, -0.2) is 18.7 Å². The van der Waals surface area contributed by atoms with E-state index >= 15 is 0 Å². The third-order valence-corrected chi connectivity index (χ3v) is 3.55. The molecule has 0 fully saturated rings. The van der Waals surface area contributed by atoms with Crippen LogP contribution < -0.4 is 4.90 Å². The summed E-state index contributed by atoms with van der Waals surface area (Å²) < 4.78 is 0.912. The first kappa shape index (κ1) is 11.3. The van der Waals surface area contributed by atoms with E-state index in [2.05, 4.69) is 15.9 Å². The van der Waals surface area contributed by atoms with E-state index in [0.717, 1.165) is 15.7 Å². The van der Waals surface area contributed by atoms with Crippen LogP contribution in [0.1, 0.15) is 19.4 Å². The highest BCUT2D eigenvalue weighted by atomic mass is 79.9. The minimum atomic E-state index is -0.747. The molecule has 0 atom stereocenters. The number of ketones is 1. The van der Waals surface area contributed by atoms with Gasteiger partial charge in [0.25, 0.3) is 5.91 Å². The Balaban J connectivity index is 2.74. The summed E-state index contributed by atoms with van der Waals surface area (Å²) in [5, 5.41) is 0. The monoisotopic (exact) mass is 281 g/mol. The molecule has 0 bridgehead atoms. The molecule has 2 rings (SSSR count). The maximum Gasteiger partial charge on any atom is 0.295 e. The molecule has 0 aliphatic carbocycles. The molecule has 1 aromatic rings. The van der Waals surface area contributed by atoms with Gasteiger partial charge >= 0.3 is 0 Å². The molecule has 1 aliphatic rings. The number of hydrogen-bond acceptors (Lipinski definition) is 2. The van der Waals surface area contributed by atoms with Crippen molar-refractivity contribution in [2.75, 3.05) is 11.9 Å². The third-order valence-electron chi connectivity index (χ3n) is 3.06. The van der Waals surface area contributed by atoms with Crippen molar-refractivity contribution in [1.29, 1.82) is 0 Å². The number of halogens is 1. The van der Waals surface area contributed by atoms with E-state index < -0.39 is 11.3 Å². The van der Waals surface area contributed by atoms with Crippen LogP contribution in [-0.2, 0) is 15.0 Å². The molecule has 1 heterocycles. The van der Waals surface area contributed by atoms with Gasteiger partial charge in [0.1, 0.15) is 0 Å². The van der Waals surface area contributed by atoms with Crippen LogP contribution in [0.2, 0.25) is 0 Å². The minimum Gasteiger partial charge on any atom is -0.309 e. The predicted octanol–water partition coefficient (Wildman–Crippen LogP) is 2.27. The maximum atomic E-state index is 11.9. The van der Waals surface area contributed by atoms with E-state index in [4.69, 9.17) is 0 Å². The van der Waals surface area contributed by atoms with Crippen molar-refractivity contribution in [3.63, 3.8) is 0 Å². The number of Topliss-reactive ketones (excluding diaryl/α,β-unsaturated/α-hetero) is 1. The molecular formula is C12H12BrNO2. The van der Waals surface area contributed by atoms with Gasteiger partial charge in [-0.15, -0.1) is 0 Å². The summed E-state index contributed by atoms with van der Waals surface area (Å²) >= 11 is 3.38. The highest BCUT2D eigenvalue weighted by Crippen LogP contribution is 2.38. The van der Waals surface area contributed by atoms with Crippen molar-refractivity contribution in [2.24, 2.45) is 0 Å². The van der Waals surface area contributed by atoms with Crippen molar-refractivity contribution >= 4 is 33.3 Å². The summed E-state index contributed by atoms with van der Waals surface area (Å²) in [5.74, 6) is -0.805. The average molecular weight is 282 g/mol. The number of nitrogens with zero attached hydrogens (tertiary/aromatic N) is 1. The quantitative estimate of drug-likeness (QED) is 0.684. The van der Waals surface area contributed by atoms with E-state index in [0.29, 0.717) is 0 Å². The highest BCUT2D eigenvalue weighted by molar-refractivity contribution is 9.10. The summed E-state index contributed by atoms with van der Waals surface area (Å²) in [5.41, 5.74) is 0.940. The van der Waals surface area contributed by atoms with Gasteiger partial charge in [-0.1, -0.05) is 15.9 Å². The summed E-state index contributed by atoms with van der Waals surface area (Å²) in [7, 11) is 1.63. The molecule has 3 nitrogen and oxygen atoms in total. The molecule has 4 heteroatoms. The van der Waals surface area contributed by atoms with E-state index in [1.54, 1.807) is 20.9 Å². The molecule has 0 aromatic heterocycles. The molecular weight excluding hydrogens is 270 g/mol. The minimum absolute atomic E-state index is 0.361. The Bertz CT molecular complexity index is 494. The Morgan fingerprint density at radius 1 is 1.25 bits per heavy atom. The van der Waals surface area contributed by atoms with E-state index in [-0.39, 0.29) is 5.78 Å². The lowest BCUT2D eigenvalue weighted by Crippen LogP contribution is -2.48. The van der Waals surface area contributed by atoms with E-state index in [9.17, 15) is 9.59 Å². The van der Waals surface area contributed by atoms with E-state index in [1.165, 1.54) is 4.90 Å². The molecule has 0 spiro atoms. The fourth-order valence-corrected chi connectivity index (χ4v) is 2.31. The number of carbonyl (C=O) groups excluding carboxylic acids is 2. The molecule has 0 N–H and O–H groups in total.